The Morgan fingerprint density at radius 2 is 2.15 bits per heavy atom. The van der Waals surface area contributed by atoms with Gasteiger partial charge in [0.15, 0.2) is 5.78 Å². The molecule has 3 fully saturated rings. The van der Waals surface area contributed by atoms with Crippen molar-refractivity contribution in [2.75, 3.05) is 6.61 Å². The predicted molar refractivity (Wildman–Crippen MR) is 97.9 cm³/mol. The van der Waals surface area contributed by atoms with Crippen molar-refractivity contribution >= 4 is 11.9 Å². The lowest BCUT2D eigenvalue weighted by atomic mass is 9.50. The van der Waals surface area contributed by atoms with Gasteiger partial charge in [-0.3, -0.25) is 4.79 Å². The molecule has 146 valence electrons. The molecule has 5 aliphatic carbocycles. The van der Waals surface area contributed by atoms with Gasteiger partial charge in [-0.25, -0.2) is 4.79 Å². The maximum atomic E-state index is 11.8. The summed E-state index contributed by atoms with van der Waals surface area (Å²) in [5, 5.41) is 20.5. The summed E-state index contributed by atoms with van der Waals surface area (Å²) in [6.07, 6.45) is 10.2. The molecule has 5 aliphatic rings. The van der Waals surface area contributed by atoms with Gasteiger partial charge in [-0.1, -0.05) is 19.1 Å². The van der Waals surface area contributed by atoms with Crippen LogP contribution in [0, 0.1) is 40.9 Å². The van der Waals surface area contributed by atoms with Crippen molar-refractivity contribution in [3.63, 3.8) is 0 Å². The molecule has 0 spiro atoms. The Balaban J connectivity index is 1.44. The van der Waals surface area contributed by atoms with E-state index in [9.17, 15) is 14.7 Å². The van der Waals surface area contributed by atoms with Gasteiger partial charge in [-0.05, 0) is 72.8 Å². The van der Waals surface area contributed by atoms with Crippen LogP contribution in [0.2, 0.25) is 0 Å². The van der Waals surface area contributed by atoms with E-state index in [1.54, 1.807) is 0 Å². The standard InChI is InChI=1S/C22H28O5/c1-21-7-6-15-14-5-3-13(23)10-12(14)2-4-16(15)19(21)17-11-18(17)22(21,26)8-9-27-20(24)25/h2,4,10,14-19,26H,3,5-9,11H2,1H3,(H,24,25)/t14-,15+,16+,17-,18+,19+,21-,22-/m0/s1. The molecule has 0 bridgehead atoms. The molecule has 5 nitrogen and oxygen atoms in total. The minimum Gasteiger partial charge on any atom is -0.450 e. The summed E-state index contributed by atoms with van der Waals surface area (Å²) in [5.74, 6) is 3.05. The highest BCUT2D eigenvalue weighted by Crippen LogP contribution is 2.75. The monoisotopic (exact) mass is 372 g/mol. The van der Waals surface area contributed by atoms with E-state index in [1.165, 1.54) is 5.57 Å². The third kappa shape index (κ3) is 2.33. The average molecular weight is 372 g/mol. The van der Waals surface area contributed by atoms with Crippen LogP contribution >= 0.6 is 0 Å². The van der Waals surface area contributed by atoms with E-state index in [0.29, 0.717) is 42.4 Å². The van der Waals surface area contributed by atoms with E-state index in [1.807, 2.05) is 6.08 Å². The number of hydrogen-bond donors (Lipinski definition) is 2. The van der Waals surface area contributed by atoms with Gasteiger partial charge in [0.25, 0.3) is 0 Å². The number of aliphatic hydroxyl groups is 1. The first kappa shape index (κ1) is 17.5. The van der Waals surface area contributed by atoms with E-state index in [4.69, 9.17) is 9.84 Å². The van der Waals surface area contributed by atoms with Crippen molar-refractivity contribution in [1.29, 1.82) is 0 Å². The van der Waals surface area contributed by atoms with Gasteiger partial charge >= 0.3 is 6.16 Å². The van der Waals surface area contributed by atoms with Crippen LogP contribution in [0.3, 0.4) is 0 Å². The molecule has 27 heavy (non-hydrogen) atoms. The normalized spacial score (nSPS) is 49.4. The molecule has 5 heteroatoms. The minimum atomic E-state index is -1.27. The maximum absolute atomic E-state index is 11.8. The number of carbonyl (C=O) groups excluding carboxylic acids is 1. The average Bonchev–Trinajstić information content (AvgIpc) is 3.37. The van der Waals surface area contributed by atoms with Crippen LogP contribution in [-0.4, -0.2) is 34.4 Å². The number of carboxylic acid groups (broad SMARTS) is 1. The van der Waals surface area contributed by atoms with Crippen LogP contribution in [0.15, 0.2) is 23.8 Å². The second-order valence-corrected chi connectivity index (χ2v) is 9.63. The molecule has 0 amide bonds. The zero-order valence-corrected chi connectivity index (χ0v) is 15.8. The molecule has 2 N–H and O–H groups in total. The van der Waals surface area contributed by atoms with Crippen molar-refractivity contribution in [2.24, 2.45) is 40.9 Å². The van der Waals surface area contributed by atoms with Crippen molar-refractivity contribution in [3.05, 3.63) is 23.8 Å². The Kier molecular flexibility index (Phi) is 3.69. The molecule has 0 aromatic heterocycles. The second-order valence-electron chi connectivity index (χ2n) is 9.63. The van der Waals surface area contributed by atoms with Gasteiger partial charge < -0.3 is 14.9 Å². The van der Waals surface area contributed by atoms with Gasteiger partial charge in [0, 0.05) is 18.3 Å². The second kappa shape index (κ2) is 5.69. The first-order chi connectivity index (χ1) is 12.8. The summed E-state index contributed by atoms with van der Waals surface area (Å²) in [4.78, 5) is 22.5. The number of allylic oxidation sites excluding steroid dienone is 4. The van der Waals surface area contributed by atoms with Crippen molar-refractivity contribution in [3.8, 4) is 0 Å². The minimum absolute atomic E-state index is 0.0684. The molecule has 0 aromatic carbocycles. The summed E-state index contributed by atoms with van der Waals surface area (Å²) in [6, 6.07) is 0. The van der Waals surface area contributed by atoms with Crippen molar-refractivity contribution in [1.82, 2.24) is 0 Å². The maximum Gasteiger partial charge on any atom is 0.505 e. The lowest BCUT2D eigenvalue weighted by Gasteiger charge is -2.55. The number of hydrogen-bond acceptors (Lipinski definition) is 4. The lowest BCUT2D eigenvalue weighted by molar-refractivity contribution is -0.139. The Morgan fingerprint density at radius 3 is 2.93 bits per heavy atom. The van der Waals surface area contributed by atoms with Crippen LogP contribution < -0.4 is 0 Å². The number of ether oxygens (including phenoxy) is 1. The van der Waals surface area contributed by atoms with Gasteiger partial charge in [-0.15, -0.1) is 0 Å². The third-order valence-corrected chi connectivity index (χ3v) is 8.74. The highest BCUT2D eigenvalue weighted by molar-refractivity contribution is 5.91. The quantitative estimate of drug-likeness (QED) is 0.740. The fraction of sp³-hybridized carbons (Fsp3) is 0.727. The molecule has 5 rings (SSSR count). The Hall–Kier alpha value is -1.62. The van der Waals surface area contributed by atoms with Crippen LogP contribution in [-0.2, 0) is 9.53 Å². The molecule has 8 atom stereocenters. The summed E-state index contributed by atoms with van der Waals surface area (Å²) in [7, 11) is 0. The number of ketones is 1. The summed E-state index contributed by atoms with van der Waals surface area (Å²) >= 11 is 0. The molecular formula is C22H28O5. The zero-order chi connectivity index (χ0) is 19.0. The molecule has 0 heterocycles. The SMILES string of the molecule is C[C@]12CC[C@H]3[C@@H](C=CC4=CC(=O)CC[C@@H]43)[C@@H]1[C@H]1C[C@H]1[C@@]2(O)CCOC(=O)O. The highest BCUT2D eigenvalue weighted by Gasteiger charge is 2.75. The smallest absolute Gasteiger partial charge is 0.450 e. The topological polar surface area (TPSA) is 83.8 Å². The van der Waals surface area contributed by atoms with Crippen LogP contribution in [0.1, 0.15) is 45.4 Å². The summed E-state index contributed by atoms with van der Waals surface area (Å²) in [6.45, 7) is 2.29. The van der Waals surface area contributed by atoms with Crippen LogP contribution in [0.4, 0.5) is 4.79 Å². The molecule has 0 saturated heterocycles. The van der Waals surface area contributed by atoms with Crippen LogP contribution in [0.25, 0.3) is 0 Å². The highest BCUT2D eigenvalue weighted by atomic mass is 16.7. The third-order valence-electron chi connectivity index (χ3n) is 8.74. The first-order valence-corrected chi connectivity index (χ1v) is 10.4. The van der Waals surface area contributed by atoms with Gasteiger partial charge in [-0.2, -0.15) is 0 Å². The Morgan fingerprint density at radius 1 is 1.33 bits per heavy atom. The zero-order valence-electron chi connectivity index (χ0n) is 15.8. The van der Waals surface area contributed by atoms with E-state index >= 15 is 0 Å². The first-order valence-electron chi connectivity index (χ1n) is 10.4. The van der Waals surface area contributed by atoms with E-state index in [2.05, 4.69) is 19.1 Å². The van der Waals surface area contributed by atoms with E-state index in [-0.39, 0.29) is 23.7 Å². The van der Waals surface area contributed by atoms with E-state index < -0.39 is 11.8 Å². The molecule has 0 aromatic rings. The largest absolute Gasteiger partial charge is 0.505 e. The lowest BCUT2D eigenvalue weighted by Crippen LogP contribution is -2.55. The van der Waals surface area contributed by atoms with Gasteiger partial charge in [0.05, 0.1) is 12.2 Å². The molecule has 0 aliphatic heterocycles. The molecule has 0 radical (unpaired) electrons. The molecular weight excluding hydrogens is 344 g/mol. The van der Waals surface area contributed by atoms with Gasteiger partial charge in [0.2, 0.25) is 0 Å². The predicted octanol–water partition coefficient (Wildman–Crippen LogP) is 3.58. The fourth-order valence-electron chi connectivity index (χ4n) is 7.55. The fourth-order valence-corrected chi connectivity index (χ4v) is 7.55. The number of carbonyl (C=O) groups is 2. The Bertz CT molecular complexity index is 754. The van der Waals surface area contributed by atoms with Crippen LogP contribution in [0.5, 0.6) is 0 Å². The van der Waals surface area contributed by atoms with Gasteiger partial charge in [0.1, 0.15) is 0 Å². The molecule has 0 unspecified atom stereocenters. The van der Waals surface area contributed by atoms with Crippen molar-refractivity contribution < 1.29 is 24.5 Å². The summed E-state index contributed by atoms with van der Waals surface area (Å²) in [5.41, 5.74) is 0.209. The number of fused-ring (bicyclic) bond motifs is 7. The van der Waals surface area contributed by atoms with E-state index in [0.717, 1.165) is 25.7 Å². The number of rotatable bonds is 3. The molecule has 3 saturated carbocycles. The van der Waals surface area contributed by atoms with Crippen molar-refractivity contribution in [2.45, 2.75) is 51.0 Å². The Labute approximate surface area is 159 Å². The summed E-state index contributed by atoms with van der Waals surface area (Å²) < 4.78 is 4.75.